The normalized spacial score (nSPS) is 17.6. The SMILES string of the molecule is Cl.FCC[C@@H](c1c(F)ccc(Cl)c1Cl)N1CCNCC1. The Morgan fingerprint density at radius 3 is 2.50 bits per heavy atom. The molecule has 0 aromatic heterocycles. The van der Waals surface area contributed by atoms with Crippen LogP contribution in [0.5, 0.6) is 0 Å². The number of hydrogen-bond donors (Lipinski definition) is 1. The summed E-state index contributed by atoms with van der Waals surface area (Å²) in [5.74, 6) is -0.425. The van der Waals surface area contributed by atoms with Gasteiger partial charge < -0.3 is 5.32 Å². The maximum Gasteiger partial charge on any atom is 0.129 e. The van der Waals surface area contributed by atoms with Gasteiger partial charge in [0.25, 0.3) is 0 Å². The van der Waals surface area contributed by atoms with Gasteiger partial charge in [0, 0.05) is 37.8 Å². The molecule has 1 heterocycles. The Morgan fingerprint density at radius 1 is 1.25 bits per heavy atom. The lowest BCUT2D eigenvalue weighted by Crippen LogP contribution is -2.45. The van der Waals surface area contributed by atoms with Crippen molar-refractivity contribution in [3.63, 3.8) is 0 Å². The molecule has 0 radical (unpaired) electrons. The molecule has 0 spiro atoms. The standard InChI is InChI=1S/C13H16Cl2F2N2.ClH/c14-9-1-2-10(17)12(13(9)15)11(3-4-16)19-7-5-18-6-8-19;/h1-2,11,18H,3-8H2;1H/t11-;/m0./s1. The molecule has 114 valence electrons. The molecule has 20 heavy (non-hydrogen) atoms. The first kappa shape index (κ1) is 17.9. The molecule has 2 rings (SSSR count). The minimum Gasteiger partial charge on any atom is -0.314 e. The van der Waals surface area contributed by atoms with Crippen LogP contribution in [0.15, 0.2) is 12.1 Å². The molecular weight excluding hydrogens is 329 g/mol. The van der Waals surface area contributed by atoms with E-state index in [-0.39, 0.29) is 29.9 Å². The third kappa shape index (κ3) is 3.95. The van der Waals surface area contributed by atoms with Gasteiger partial charge in [0.1, 0.15) is 5.82 Å². The molecule has 1 aromatic carbocycles. The van der Waals surface area contributed by atoms with Gasteiger partial charge in [-0.1, -0.05) is 23.2 Å². The van der Waals surface area contributed by atoms with E-state index in [1.165, 1.54) is 12.1 Å². The van der Waals surface area contributed by atoms with Gasteiger partial charge in [-0.15, -0.1) is 12.4 Å². The van der Waals surface area contributed by atoms with Crippen LogP contribution in [0.4, 0.5) is 8.78 Å². The zero-order valence-corrected chi connectivity index (χ0v) is 13.2. The van der Waals surface area contributed by atoms with E-state index in [0.717, 1.165) is 26.2 Å². The van der Waals surface area contributed by atoms with Crippen molar-refractivity contribution in [2.45, 2.75) is 12.5 Å². The highest BCUT2D eigenvalue weighted by molar-refractivity contribution is 6.42. The van der Waals surface area contributed by atoms with Gasteiger partial charge in [-0.05, 0) is 18.6 Å². The van der Waals surface area contributed by atoms with Gasteiger partial charge >= 0.3 is 0 Å². The van der Waals surface area contributed by atoms with Gasteiger partial charge in [-0.3, -0.25) is 9.29 Å². The Labute approximate surface area is 133 Å². The summed E-state index contributed by atoms with van der Waals surface area (Å²) in [6.07, 6.45) is 0.219. The van der Waals surface area contributed by atoms with Gasteiger partial charge in [0.2, 0.25) is 0 Å². The highest BCUT2D eigenvalue weighted by atomic mass is 35.5. The lowest BCUT2D eigenvalue weighted by atomic mass is 10.0. The number of halogens is 5. The average Bonchev–Trinajstić information content (AvgIpc) is 2.43. The topological polar surface area (TPSA) is 15.3 Å². The van der Waals surface area contributed by atoms with Crippen LogP contribution in [0.25, 0.3) is 0 Å². The van der Waals surface area contributed by atoms with Crippen LogP contribution < -0.4 is 5.32 Å². The second-order valence-electron chi connectivity index (χ2n) is 4.54. The second kappa shape index (κ2) is 8.35. The molecular formula is C13H17Cl3F2N2. The summed E-state index contributed by atoms with van der Waals surface area (Å²) in [6, 6.07) is 2.35. The fraction of sp³-hybridized carbons (Fsp3) is 0.538. The Hall–Kier alpha value is -0.130. The number of nitrogens with zero attached hydrogens (tertiary/aromatic N) is 1. The molecule has 1 fully saturated rings. The van der Waals surface area contributed by atoms with Crippen molar-refractivity contribution < 1.29 is 8.78 Å². The summed E-state index contributed by atoms with van der Waals surface area (Å²) in [4.78, 5) is 2.05. The van der Waals surface area contributed by atoms with Crippen molar-refractivity contribution in [3.05, 3.63) is 33.6 Å². The predicted octanol–water partition coefficient (Wildman–Crippen LogP) is 3.86. The van der Waals surface area contributed by atoms with E-state index in [9.17, 15) is 8.78 Å². The quantitative estimate of drug-likeness (QED) is 0.834. The monoisotopic (exact) mass is 344 g/mol. The zero-order chi connectivity index (χ0) is 13.8. The third-order valence-electron chi connectivity index (χ3n) is 3.39. The molecule has 7 heteroatoms. The average molecular weight is 346 g/mol. The van der Waals surface area contributed by atoms with Gasteiger partial charge in [-0.25, -0.2) is 4.39 Å². The molecule has 1 saturated heterocycles. The summed E-state index contributed by atoms with van der Waals surface area (Å²) in [6.45, 7) is 2.59. The summed E-state index contributed by atoms with van der Waals surface area (Å²) >= 11 is 12.1. The lowest BCUT2D eigenvalue weighted by Gasteiger charge is -2.35. The molecule has 0 unspecified atom stereocenters. The Bertz CT molecular complexity index is 440. The van der Waals surface area contributed by atoms with Crippen LogP contribution in [-0.2, 0) is 0 Å². The van der Waals surface area contributed by atoms with Crippen LogP contribution in [0.3, 0.4) is 0 Å². The van der Waals surface area contributed by atoms with Crippen molar-refractivity contribution in [1.29, 1.82) is 0 Å². The smallest absolute Gasteiger partial charge is 0.129 e. The van der Waals surface area contributed by atoms with E-state index in [1.807, 2.05) is 0 Å². The van der Waals surface area contributed by atoms with Crippen molar-refractivity contribution in [1.82, 2.24) is 10.2 Å². The Balaban J connectivity index is 0.00000200. The first-order valence-electron chi connectivity index (χ1n) is 6.29. The summed E-state index contributed by atoms with van der Waals surface area (Å²) in [5.41, 5.74) is 0.314. The lowest BCUT2D eigenvalue weighted by molar-refractivity contribution is 0.154. The molecule has 1 atom stereocenters. The van der Waals surface area contributed by atoms with E-state index in [4.69, 9.17) is 23.2 Å². The summed E-state index contributed by atoms with van der Waals surface area (Å²) in [7, 11) is 0. The molecule has 0 aliphatic carbocycles. The van der Waals surface area contributed by atoms with Crippen LogP contribution in [-0.4, -0.2) is 37.8 Å². The maximum atomic E-state index is 14.1. The number of alkyl halides is 1. The largest absolute Gasteiger partial charge is 0.314 e. The highest BCUT2D eigenvalue weighted by Gasteiger charge is 2.27. The highest BCUT2D eigenvalue weighted by Crippen LogP contribution is 2.36. The molecule has 1 aromatic rings. The van der Waals surface area contributed by atoms with Crippen molar-refractivity contribution >= 4 is 35.6 Å². The van der Waals surface area contributed by atoms with Crippen LogP contribution >= 0.6 is 35.6 Å². The third-order valence-corrected chi connectivity index (χ3v) is 4.21. The molecule has 1 aliphatic rings. The van der Waals surface area contributed by atoms with Crippen molar-refractivity contribution in [2.24, 2.45) is 0 Å². The minimum absolute atomic E-state index is 0. The van der Waals surface area contributed by atoms with Crippen LogP contribution in [0, 0.1) is 5.82 Å². The van der Waals surface area contributed by atoms with Crippen molar-refractivity contribution in [3.8, 4) is 0 Å². The second-order valence-corrected chi connectivity index (χ2v) is 5.32. The fourth-order valence-corrected chi connectivity index (χ4v) is 2.90. The predicted molar refractivity (Wildman–Crippen MR) is 81.4 cm³/mol. The van der Waals surface area contributed by atoms with E-state index in [1.54, 1.807) is 0 Å². The number of nitrogens with one attached hydrogen (secondary N) is 1. The van der Waals surface area contributed by atoms with Gasteiger partial charge in [-0.2, -0.15) is 0 Å². The summed E-state index contributed by atoms with van der Waals surface area (Å²) < 4.78 is 26.9. The first-order chi connectivity index (χ1) is 9.15. The summed E-state index contributed by atoms with van der Waals surface area (Å²) in [5, 5.41) is 3.71. The molecule has 1 N–H and O–H groups in total. The molecule has 2 nitrogen and oxygen atoms in total. The number of hydrogen-bond acceptors (Lipinski definition) is 2. The van der Waals surface area contributed by atoms with Crippen LogP contribution in [0.1, 0.15) is 18.0 Å². The zero-order valence-electron chi connectivity index (χ0n) is 10.8. The molecule has 0 saturated carbocycles. The van der Waals surface area contributed by atoms with Crippen molar-refractivity contribution in [2.75, 3.05) is 32.9 Å². The van der Waals surface area contributed by atoms with E-state index in [0.29, 0.717) is 10.6 Å². The van der Waals surface area contributed by atoms with E-state index >= 15 is 0 Å². The number of piperazine rings is 1. The fourth-order valence-electron chi connectivity index (χ4n) is 2.45. The Morgan fingerprint density at radius 2 is 1.90 bits per heavy atom. The van der Waals surface area contributed by atoms with Gasteiger partial charge in [0.05, 0.1) is 16.7 Å². The van der Waals surface area contributed by atoms with Crippen LogP contribution in [0.2, 0.25) is 10.0 Å². The Kier molecular flexibility index (Phi) is 7.48. The maximum absolute atomic E-state index is 14.1. The first-order valence-corrected chi connectivity index (χ1v) is 7.05. The van der Waals surface area contributed by atoms with E-state index < -0.39 is 12.5 Å². The number of benzene rings is 1. The molecule has 0 amide bonds. The molecule has 1 aliphatic heterocycles. The minimum atomic E-state index is -0.517. The van der Waals surface area contributed by atoms with E-state index in [2.05, 4.69) is 10.2 Å². The number of rotatable bonds is 4. The van der Waals surface area contributed by atoms with Gasteiger partial charge in [0.15, 0.2) is 0 Å². The molecule has 0 bridgehead atoms.